The highest BCUT2D eigenvalue weighted by Crippen LogP contribution is 2.02. The van der Waals surface area contributed by atoms with Gasteiger partial charge in [-0.05, 0) is 0 Å². The molecule has 0 aliphatic carbocycles. The minimum atomic E-state index is -2.38. The third kappa shape index (κ3) is 3.36. The Bertz CT molecular complexity index is 272. The smallest absolute Gasteiger partial charge is 0.380 e. The summed E-state index contributed by atoms with van der Waals surface area (Å²) in [6.07, 6.45) is -6.34. The van der Waals surface area contributed by atoms with Crippen molar-refractivity contribution in [3.8, 4) is 0 Å². The zero-order valence-electron chi connectivity index (χ0n) is 7.40. The number of aliphatic carboxylic acids is 1. The lowest BCUT2D eigenvalue weighted by Crippen LogP contribution is -2.47. The van der Waals surface area contributed by atoms with Crippen LogP contribution in [0.3, 0.4) is 0 Å². The molecule has 0 aromatic heterocycles. The Morgan fingerprint density at radius 1 is 1.07 bits per heavy atom. The van der Waals surface area contributed by atoms with Gasteiger partial charge in [0, 0.05) is 0 Å². The summed E-state index contributed by atoms with van der Waals surface area (Å²) in [6, 6.07) is 0. The number of carbonyl (C=O) groups excluding carboxylic acids is 2. The van der Waals surface area contributed by atoms with Crippen molar-refractivity contribution in [2.45, 2.75) is 18.3 Å². The van der Waals surface area contributed by atoms with Crippen LogP contribution in [-0.4, -0.2) is 68.0 Å². The van der Waals surface area contributed by atoms with Gasteiger partial charge in [-0.1, -0.05) is 0 Å². The van der Waals surface area contributed by atoms with Crippen LogP contribution in [-0.2, 0) is 14.4 Å². The fourth-order valence-corrected chi connectivity index (χ4v) is 0.713. The Labute approximate surface area is 83.4 Å². The third-order valence-corrected chi connectivity index (χ3v) is 1.59. The highest BCUT2D eigenvalue weighted by atomic mass is 16.4. The van der Waals surface area contributed by atoms with Crippen LogP contribution in [0.1, 0.15) is 0 Å². The molecule has 0 fully saturated rings. The van der Waals surface area contributed by atoms with E-state index in [1.807, 2.05) is 0 Å². The molecule has 0 saturated carbocycles. The summed E-state index contributed by atoms with van der Waals surface area (Å²) < 4.78 is 0. The Balaban J connectivity index is 4.58. The summed E-state index contributed by atoms with van der Waals surface area (Å²) in [5.41, 5.74) is 0. The number of carboxylic acid groups (broad SMARTS) is 1. The maximum atomic E-state index is 10.8. The zero-order chi connectivity index (χ0) is 12.2. The number of hydrogen-bond donors (Lipinski definition) is 5. The van der Waals surface area contributed by atoms with E-state index in [0.29, 0.717) is 0 Å². The largest absolute Gasteiger partial charge is 0.475 e. The van der Waals surface area contributed by atoms with Crippen molar-refractivity contribution in [3.05, 3.63) is 0 Å². The summed E-state index contributed by atoms with van der Waals surface area (Å²) in [5.74, 6) is -5.75. The second kappa shape index (κ2) is 5.51. The first-order valence-corrected chi connectivity index (χ1v) is 3.79. The lowest BCUT2D eigenvalue weighted by atomic mass is 10.0. The number of aliphatic hydroxyl groups is 4. The van der Waals surface area contributed by atoms with Crippen molar-refractivity contribution >= 4 is 17.5 Å². The molecule has 0 rings (SSSR count). The normalized spacial score (nSPS) is 16.5. The number of carboxylic acids is 1. The summed E-state index contributed by atoms with van der Waals surface area (Å²) in [7, 11) is 0. The van der Waals surface area contributed by atoms with Crippen LogP contribution in [0.5, 0.6) is 0 Å². The highest BCUT2D eigenvalue weighted by Gasteiger charge is 2.36. The van der Waals surface area contributed by atoms with E-state index in [0.717, 1.165) is 0 Å². The number of hydrogen-bond acceptors (Lipinski definition) is 7. The summed E-state index contributed by atoms with van der Waals surface area (Å²) in [6.45, 7) is -0.952. The van der Waals surface area contributed by atoms with Crippen LogP contribution < -0.4 is 0 Å². The molecule has 15 heavy (non-hydrogen) atoms. The molecule has 8 heteroatoms. The number of carbonyl (C=O) groups is 3. The van der Waals surface area contributed by atoms with Gasteiger partial charge in [0.15, 0.2) is 0 Å². The van der Waals surface area contributed by atoms with Gasteiger partial charge in [-0.2, -0.15) is 0 Å². The fourth-order valence-electron chi connectivity index (χ4n) is 0.713. The van der Waals surface area contributed by atoms with E-state index in [1.54, 1.807) is 0 Å². The van der Waals surface area contributed by atoms with Crippen LogP contribution in [0.25, 0.3) is 0 Å². The topological polar surface area (TPSA) is 152 Å². The lowest BCUT2D eigenvalue weighted by molar-refractivity contribution is -0.159. The molecular weight excluding hydrogens is 212 g/mol. The van der Waals surface area contributed by atoms with E-state index < -0.39 is 42.5 Å². The fraction of sp³-hybridized carbons (Fsp3) is 0.571. The van der Waals surface area contributed by atoms with Crippen LogP contribution in [0, 0.1) is 0 Å². The van der Waals surface area contributed by atoms with Gasteiger partial charge in [-0.3, -0.25) is 9.59 Å². The quantitative estimate of drug-likeness (QED) is 0.227. The predicted molar refractivity (Wildman–Crippen MR) is 42.8 cm³/mol. The first-order valence-electron chi connectivity index (χ1n) is 3.79. The molecule has 0 saturated heterocycles. The van der Waals surface area contributed by atoms with Crippen LogP contribution >= 0.6 is 0 Å². The van der Waals surface area contributed by atoms with Crippen molar-refractivity contribution in [1.82, 2.24) is 0 Å². The monoisotopic (exact) mass is 222 g/mol. The summed E-state index contributed by atoms with van der Waals surface area (Å²) in [4.78, 5) is 31.4. The van der Waals surface area contributed by atoms with Gasteiger partial charge in [0.2, 0.25) is 5.78 Å². The molecule has 0 spiro atoms. The van der Waals surface area contributed by atoms with Crippen LogP contribution in [0.15, 0.2) is 0 Å². The minimum absolute atomic E-state index is 0.952. The molecule has 8 nitrogen and oxygen atoms in total. The van der Waals surface area contributed by atoms with E-state index in [4.69, 9.17) is 25.5 Å². The maximum Gasteiger partial charge on any atom is 0.380 e. The molecule has 0 amide bonds. The standard InChI is InChI=1S/C7H10O8/c8-1-2(9)3(10)4(11)5(12)6(13)7(14)15/h2-4,8-11H,1H2,(H,14,15)/t2?,3-,4+/m0/s1. The molecular formula is C7H10O8. The third-order valence-electron chi connectivity index (χ3n) is 1.59. The molecule has 0 radical (unpaired) electrons. The van der Waals surface area contributed by atoms with Gasteiger partial charge >= 0.3 is 11.8 Å². The first-order chi connectivity index (χ1) is 6.82. The molecule has 0 aromatic carbocycles. The average molecular weight is 222 g/mol. The number of Topliss-reactive ketones (excluding diaryl/α,β-unsaturated/α-hetero) is 2. The molecule has 0 bridgehead atoms. The van der Waals surface area contributed by atoms with E-state index >= 15 is 0 Å². The van der Waals surface area contributed by atoms with Crippen molar-refractivity contribution in [3.63, 3.8) is 0 Å². The van der Waals surface area contributed by atoms with Gasteiger partial charge in [0.05, 0.1) is 6.61 Å². The zero-order valence-corrected chi connectivity index (χ0v) is 7.40. The second-order valence-corrected chi connectivity index (χ2v) is 2.68. The van der Waals surface area contributed by atoms with Crippen molar-refractivity contribution < 1.29 is 39.9 Å². The number of ketones is 2. The molecule has 0 aliphatic rings. The molecule has 3 atom stereocenters. The maximum absolute atomic E-state index is 10.8. The highest BCUT2D eigenvalue weighted by molar-refractivity contribution is 6.62. The molecule has 0 aromatic rings. The van der Waals surface area contributed by atoms with Crippen molar-refractivity contribution in [2.75, 3.05) is 6.61 Å². The predicted octanol–water partition coefficient (Wildman–Crippen LogP) is -3.72. The van der Waals surface area contributed by atoms with Gasteiger partial charge in [-0.15, -0.1) is 0 Å². The van der Waals surface area contributed by atoms with Crippen LogP contribution in [0.2, 0.25) is 0 Å². The van der Waals surface area contributed by atoms with E-state index in [2.05, 4.69) is 0 Å². The first kappa shape index (κ1) is 13.7. The molecule has 0 heterocycles. The Kier molecular flexibility index (Phi) is 5.02. The van der Waals surface area contributed by atoms with Gasteiger partial charge in [-0.25, -0.2) is 4.79 Å². The lowest BCUT2D eigenvalue weighted by Gasteiger charge is -2.19. The SMILES string of the molecule is O=C(O)C(=O)C(=O)[C@H](O)[C@@H](O)C(O)CO. The number of rotatable bonds is 6. The Morgan fingerprint density at radius 3 is 1.87 bits per heavy atom. The summed E-state index contributed by atoms with van der Waals surface area (Å²) in [5, 5.41) is 43.2. The Hall–Kier alpha value is -1.35. The molecule has 86 valence electrons. The van der Waals surface area contributed by atoms with E-state index in [9.17, 15) is 14.4 Å². The molecule has 5 N–H and O–H groups in total. The summed E-state index contributed by atoms with van der Waals surface area (Å²) >= 11 is 0. The van der Waals surface area contributed by atoms with E-state index in [-0.39, 0.29) is 0 Å². The van der Waals surface area contributed by atoms with Crippen LogP contribution in [0.4, 0.5) is 0 Å². The molecule has 0 aliphatic heterocycles. The average Bonchev–Trinajstić information content (AvgIpc) is 2.23. The molecule has 1 unspecified atom stereocenters. The van der Waals surface area contributed by atoms with Gasteiger partial charge in [0.1, 0.15) is 18.3 Å². The van der Waals surface area contributed by atoms with Crippen molar-refractivity contribution in [1.29, 1.82) is 0 Å². The second-order valence-electron chi connectivity index (χ2n) is 2.68. The van der Waals surface area contributed by atoms with Gasteiger partial charge in [0.25, 0.3) is 0 Å². The van der Waals surface area contributed by atoms with Crippen molar-refractivity contribution in [2.24, 2.45) is 0 Å². The number of aliphatic hydroxyl groups excluding tert-OH is 4. The van der Waals surface area contributed by atoms with Gasteiger partial charge < -0.3 is 25.5 Å². The minimum Gasteiger partial charge on any atom is -0.475 e. The Morgan fingerprint density at radius 2 is 1.53 bits per heavy atom. The van der Waals surface area contributed by atoms with E-state index in [1.165, 1.54) is 0 Å².